The minimum absolute atomic E-state index is 0.0932. The van der Waals surface area contributed by atoms with Crippen molar-refractivity contribution in [3.63, 3.8) is 0 Å². The molecule has 10 heteroatoms. The molecule has 0 radical (unpaired) electrons. The van der Waals surface area contributed by atoms with E-state index in [-0.39, 0.29) is 5.91 Å². The van der Waals surface area contributed by atoms with E-state index in [1.54, 1.807) is 11.6 Å². The van der Waals surface area contributed by atoms with Gasteiger partial charge in [0.25, 0.3) is 5.78 Å². The number of hydrogen-bond donors (Lipinski definition) is 1. The molecule has 8 nitrogen and oxygen atoms in total. The highest BCUT2D eigenvalue weighted by Gasteiger charge is 2.14. The Morgan fingerprint density at radius 2 is 2.13 bits per heavy atom. The van der Waals surface area contributed by atoms with Crippen molar-refractivity contribution in [2.45, 2.75) is 26.7 Å². The highest BCUT2D eigenvalue weighted by molar-refractivity contribution is 9.10. The summed E-state index contributed by atoms with van der Waals surface area (Å²) in [7, 11) is 1.62. The first-order valence-corrected chi connectivity index (χ1v) is 10.9. The molecule has 0 aliphatic carbocycles. The summed E-state index contributed by atoms with van der Waals surface area (Å²) in [5, 5.41) is 9.56. The van der Waals surface area contributed by atoms with Crippen molar-refractivity contribution in [2.75, 3.05) is 12.4 Å². The second-order valence-corrected chi connectivity index (χ2v) is 8.38. The number of nitrogens with zero attached hydrogens (tertiary/aromatic N) is 5. The number of fused-ring (bicyclic) bond motifs is 1. The first-order chi connectivity index (χ1) is 14.5. The number of nitrogens with one attached hydrogen (secondary N) is 1. The Morgan fingerprint density at radius 3 is 2.90 bits per heavy atom. The summed E-state index contributed by atoms with van der Waals surface area (Å²) in [6.45, 7) is 3.89. The van der Waals surface area contributed by atoms with Gasteiger partial charge in [-0.3, -0.25) is 4.79 Å². The second kappa shape index (κ2) is 8.49. The highest BCUT2D eigenvalue weighted by Crippen LogP contribution is 2.32. The second-order valence-electron chi connectivity index (χ2n) is 6.67. The molecule has 154 valence electrons. The minimum Gasteiger partial charge on any atom is -0.496 e. The van der Waals surface area contributed by atoms with Gasteiger partial charge in [-0.15, -0.1) is 11.3 Å². The number of benzene rings is 1. The van der Waals surface area contributed by atoms with Crippen LogP contribution in [-0.2, 0) is 11.2 Å². The molecule has 0 aliphatic rings. The van der Waals surface area contributed by atoms with Crippen LogP contribution in [0.1, 0.15) is 23.4 Å². The predicted octanol–water partition coefficient (Wildman–Crippen LogP) is 4.21. The average Bonchev–Trinajstić information content (AvgIpc) is 3.37. The molecule has 0 atom stereocenters. The van der Waals surface area contributed by atoms with Gasteiger partial charge in [-0.2, -0.15) is 10.1 Å². The summed E-state index contributed by atoms with van der Waals surface area (Å²) in [5.74, 6) is 1.23. The summed E-state index contributed by atoms with van der Waals surface area (Å²) in [5.41, 5.74) is 4.56. The SMILES string of the molecule is COc1ccc(-c2csc(NC(=O)CCc3c(C)nc4ncnn4c3C)n2)cc1Br. The minimum atomic E-state index is -0.0932. The molecular formula is C20H19BrN6O2S. The Balaban J connectivity index is 1.42. The quantitative estimate of drug-likeness (QED) is 0.438. The van der Waals surface area contributed by atoms with E-state index in [1.807, 2.05) is 37.4 Å². The predicted molar refractivity (Wildman–Crippen MR) is 119 cm³/mol. The zero-order valence-corrected chi connectivity index (χ0v) is 19.0. The number of thiazole rings is 1. The van der Waals surface area contributed by atoms with Gasteiger partial charge in [-0.25, -0.2) is 14.5 Å². The van der Waals surface area contributed by atoms with E-state index < -0.39 is 0 Å². The maximum atomic E-state index is 12.5. The van der Waals surface area contributed by atoms with E-state index >= 15 is 0 Å². The molecule has 3 heterocycles. The van der Waals surface area contributed by atoms with Gasteiger partial charge in [0.15, 0.2) is 5.13 Å². The largest absolute Gasteiger partial charge is 0.496 e. The number of hydrogen-bond acceptors (Lipinski definition) is 7. The average molecular weight is 487 g/mol. The lowest BCUT2D eigenvalue weighted by Gasteiger charge is -2.10. The third kappa shape index (κ3) is 4.05. The van der Waals surface area contributed by atoms with Gasteiger partial charge in [0.2, 0.25) is 5.91 Å². The number of rotatable bonds is 6. The molecule has 0 saturated carbocycles. The summed E-state index contributed by atoms with van der Waals surface area (Å²) >= 11 is 4.88. The molecule has 4 rings (SSSR count). The number of aryl methyl sites for hydroxylation is 2. The molecular weight excluding hydrogens is 468 g/mol. The van der Waals surface area contributed by atoms with Gasteiger partial charge in [-0.05, 0) is 60.0 Å². The normalized spacial score (nSPS) is 11.1. The summed E-state index contributed by atoms with van der Waals surface area (Å²) in [6.07, 6.45) is 2.37. The lowest BCUT2D eigenvalue weighted by Crippen LogP contribution is -2.14. The summed E-state index contributed by atoms with van der Waals surface area (Å²) < 4.78 is 7.80. The molecule has 4 aromatic rings. The fourth-order valence-corrected chi connectivity index (χ4v) is 4.50. The molecule has 0 spiro atoms. The third-order valence-electron chi connectivity index (χ3n) is 4.79. The lowest BCUT2D eigenvalue weighted by molar-refractivity contribution is -0.116. The number of ether oxygens (including phenoxy) is 1. The van der Waals surface area contributed by atoms with E-state index in [1.165, 1.54) is 17.7 Å². The molecule has 0 bridgehead atoms. The number of anilines is 1. The van der Waals surface area contributed by atoms with Crippen LogP contribution in [0.2, 0.25) is 0 Å². The zero-order valence-electron chi connectivity index (χ0n) is 16.6. The van der Waals surface area contributed by atoms with Gasteiger partial charge >= 0.3 is 0 Å². The van der Waals surface area contributed by atoms with Crippen LogP contribution in [0.3, 0.4) is 0 Å². The molecule has 1 N–H and O–H groups in total. The monoisotopic (exact) mass is 486 g/mol. The van der Waals surface area contributed by atoms with Crippen molar-refractivity contribution in [1.29, 1.82) is 0 Å². The van der Waals surface area contributed by atoms with Crippen LogP contribution in [-0.4, -0.2) is 37.6 Å². The standard InChI is InChI=1S/C20H19BrN6O2S/c1-11-14(12(2)27-19(24-11)22-10-23-27)5-7-18(28)26-20-25-16(9-30-20)13-4-6-17(29-3)15(21)8-13/h4,6,8-10H,5,7H2,1-3H3,(H,25,26,28). The van der Waals surface area contributed by atoms with Crippen molar-refractivity contribution in [2.24, 2.45) is 0 Å². The highest BCUT2D eigenvalue weighted by atomic mass is 79.9. The zero-order chi connectivity index (χ0) is 21.3. The van der Waals surface area contributed by atoms with Crippen molar-refractivity contribution in [3.8, 4) is 17.0 Å². The number of methoxy groups -OCH3 is 1. The number of aromatic nitrogens is 5. The van der Waals surface area contributed by atoms with Crippen molar-refractivity contribution >= 4 is 44.1 Å². The van der Waals surface area contributed by atoms with Crippen LogP contribution in [0.25, 0.3) is 17.0 Å². The molecule has 3 aromatic heterocycles. The van der Waals surface area contributed by atoms with Gasteiger partial charge in [0.05, 0.1) is 17.3 Å². The number of carbonyl (C=O) groups is 1. The van der Waals surface area contributed by atoms with Crippen molar-refractivity contribution in [1.82, 2.24) is 24.6 Å². The Morgan fingerprint density at radius 1 is 1.30 bits per heavy atom. The van der Waals surface area contributed by atoms with E-state index in [9.17, 15) is 4.79 Å². The van der Waals surface area contributed by atoms with E-state index in [0.29, 0.717) is 23.8 Å². The number of halogens is 1. The third-order valence-corrected chi connectivity index (χ3v) is 6.17. The number of amides is 1. The number of carbonyl (C=O) groups excluding carboxylic acids is 1. The Kier molecular flexibility index (Phi) is 5.78. The smallest absolute Gasteiger partial charge is 0.252 e. The molecule has 1 amide bonds. The van der Waals surface area contributed by atoms with Crippen LogP contribution in [0, 0.1) is 13.8 Å². The van der Waals surface area contributed by atoms with Gasteiger partial charge in [0.1, 0.15) is 12.1 Å². The van der Waals surface area contributed by atoms with Crippen LogP contribution in [0.4, 0.5) is 5.13 Å². The lowest BCUT2D eigenvalue weighted by atomic mass is 10.1. The van der Waals surface area contributed by atoms with Crippen molar-refractivity contribution < 1.29 is 9.53 Å². The van der Waals surface area contributed by atoms with Crippen LogP contribution in [0.5, 0.6) is 5.75 Å². The maximum Gasteiger partial charge on any atom is 0.252 e. The van der Waals surface area contributed by atoms with Crippen molar-refractivity contribution in [3.05, 3.63) is 51.3 Å². The van der Waals surface area contributed by atoms with E-state index in [0.717, 1.165) is 38.4 Å². The van der Waals surface area contributed by atoms with Crippen LogP contribution in [0.15, 0.2) is 34.4 Å². The fourth-order valence-electron chi connectivity index (χ4n) is 3.23. The summed E-state index contributed by atoms with van der Waals surface area (Å²) in [4.78, 5) is 25.6. The Bertz CT molecular complexity index is 1240. The molecule has 0 fully saturated rings. The maximum absolute atomic E-state index is 12.5. The first kappa shape index (κ1) is 20.4. The fraction of sp³-hybridized carbons (Fsp3) is 0.250. The Labute approximate surface area is 185 Å². The van der Waals surface area contributed by atoms with E-state index in [4.69, 9.17) is 4.74 Å². The van der Waals surface area contributed by atoms with Gasteiger partial charge in [0, 0.05) is 28.8 Å². The van der Waals surface area contributed by atoms with Gasteiger partial charge < -0.3 is 10.1 Å². The molecule has 0 aliphatic heterocycles. The molecule has 0 saturated heterocycles. The molecule has 1 aromatic carbocycles. The first-order valence-electron chi connectivity index (χ1n) is 9.21. The van der Waals surface area contributed by atoms with E-state index in [2.05, 4.69) is 41.3 Å². The summed E-state index contributed by atoms with van der Waals surface area (Å²) in [6, 6.07) is 5.75. The Hall–Kier alpha value is -2.85. The van der Waals surface area contributed by atoms with Crippen LogP contribution < -0.4 is 10.1 Å². The molecule has 30 heavy (non-hydrogen) atoms. The topological polar surface area (TPSA) is 94.3 Å². The van der Waals surface area contributed by atoms with Gasteiger partial charge in [-0.1, -0.05) is 0 Å². The molecule has 0 unspecified atom stereocenters. The van der Waals surface area contributed by atoms with Crippen LogP contribution >= 0.6 is 27.3 Å².